The maximum Gasteiger partial charge on any atom is 0.326 e. The molecule has 0 radical (unpaired) electrons. The second-order valence-corrected chi connectivity index (χ2v) is 6.69. The van der Waals surface area contributed by atoms with Crippen molar-refractivity contribution in [2.75, 3.05) is 13.1 Å². The summed E-state index contributed by atoms with van der Waals surface area (Å²) in [6.07, 6.45) is 2.75. The van der Waals surface area contributed by atoms with Crippen molar-refractivity contribution < 1.29 is 4.79 Å². The number of benzene rings is 1. The maximum absolute atomic E-state index is 12.3. The van der Waals surface area contributed by atoms with Crippen LogP contribution >= 0.6 is 0 Å². The van der Waals surface area contributed by atoms with Crippen molar-refractivity contribution >= 4 is 16.9 Å². The van der Waals surface area contributed by atoms with E-state index in [2.05, 4.69) is 11.9 Å². The van der Waals surface area contributed by atoms with Gasteiger partial charge in [-0.15, -0.1) is 0 Å². The molecule has 5 heteroatoms. The highest BCUT2D eigenvalue weighted by atomic mass is 16.2. The monoisotopic (exact) mass is 299 g/mol. The summed E-state index contributed by atoms with van der Waals surface area (Å²) in [5.41, 5.74) is 1.81. The van der Waals surface area contributed by atoms with E-state index in [1.165, 1.54) is 0 Å². The van der Waals surface area contributed by atoms with E-state index in [0.717, 1.165) is 43.4 Å². The number of aromatic amines is 1. The SMILES string of the molecule is C[C@@H]1C[C@@H]1C(=O)N1CCC(n2c(=O)[nH]c3ccccc32)CC1. The lowest BCUT2D eigenvalue weighted by atomic mass is 10.0. The molecule has 1 aromatic carbocycles. The highest BCUT2D eigenvalue weighted by Crippen LogP contribution is 2.40. The smallest absolute Gasteiger partial charge is 0.326 e. The zero-order chi connectivity index (χ0) is 15.3. The fraction of sp³-hybridized carbons (Fsp3) is 0.529. The highest BCUT2D eigenvalue weighted by molar-refractivity contribution is 5.81. The number of fused-ring (bicyclic) bond motifs is 1. The number of piperidine rings is 1. The first-order valence-electron chi connectivity index (χ1n) is 8.13. The lowest BCUT2D eigenvalue weighted by molar-refractivity contribution is -0.134. The summed E-state index contributed by atoms with van der Waals surface area (Å²) >= 11 is 0. The number of nitrogens with one attached hydrogen (secondary N) is 1. The molecule has 0 bridgehead atoms. The van der Waals surface area contributed by atoms with Crippen molar-refractivity contribution in [1.82, 2.24) is 14.5 Å². The maximum atomic E-state index is 12.3. The van der Waals surface area contributed by atoms with Gasteiger partial charge < -0.3 is 9.88 Å². The van der Waals surface area contributed by atoms with Gasteiger partial charge in [0, 0.05) is 25.0 Å². The second-order valence-electron chi connectivity index (χ2n) is 6.69. The van der Waals surface area contributed by atoms with E-state index in [1.807, 2.05) is 33.7 Å². The summed E-state index contributed by atoms with van der Waals surface area (Å²) in [5, 5.41) is 0. The molecule has 4 rings (SSSR count). The number of likely N-dealkylation sites (tertiary alicyclic amines) is 1. The number of para-hydroxylation sites is 2. The van der Waals surface area contributed by atoms with Crippen LogP contribution in [0.4, 0.5) is 0 Å². The van der Waals surface area contributed by atoms with Crippen molar-refractivity contribution in [3.05, 3.63) is 34.7 Å². The fourth-order valence-electron chi connectivity index (χ4n) is 3.68. The second kappa shape index (κ2) is 5.00. The van der Waals surface area contributed by atoms with Crippen LogP contribution in [0.2, 0.25) is 0 Å². The summed E-state index contributed by atoms with van der Waals surface area (Å²) in [4.78, 5) is 29.4. The average Bonchev–Trinajstić information content (AvgIpc) is 3.16. The summed E-state index contributed by atoms with van der Waals surface area (Å²) in [5.74, 6) is 1.13. The van der Waals surface area contributed by atoms with Crippen LogP contribution in [0.15, 0.2) is 29.1 Å². The normalized spacial score (nSPS) is 25.6. The van der Waals surface area contributed by atoms with Crippen LogP contribution in [-0.2, 0) is 4.79 Å². The van der Waals surface area contributed by atoms with E-state index in [9.17, 15) is 9.59 Å². The van der Waals surface area contributed by atoms with Crippen LogP contribution in [0.5, 0.6) is 0 Å². The minimum absolute atomic E-state index is 0.0400. The molecular formula is C17H21N3O2. The lowest BCUT2D eigenvalue weighted by Gasteiger charge is -2.32. The number of amides is 1. The number of carbonyl (C=O) groups excluding carboxylic acids is 1. The van der Waals surface area contributed by atoms with Gasteiger partial charge in [0.1, 0.15) is 0 Å². The zero-order valence-electron chi connectivity index (χ0n) is 12.8. The Morgan fingerprint density at radius 2 is 1.91 bits per heavy atom. The third-order valence-electron chi connectivity index (χ3n) is 5.19. The lowest BCUT2D eigenvalue weighted by Crippen LogP contribution is -2.41. The Hall–Kier alpha value is -2.04. The number of nitrogens with zero attached hydrogens (tertiary/aromatic N) is 2. The van der Waals surface area contributed by atoms with Gasteiger partial charge in [-0.1, -0.05) is 19.1 Å². The molecule has 2 aromatic rings. The van der Waals surface area contributed by atoms with Gasteiger partial charge in [-0.25, -0.2) is 4.79 Å². The Morgan fingerprint density at radius 1 is 1.23 bits per heavy atom. The van der Waals surface area contributed by atoms with Crippen LogP contribution in [0.25, 0.3) is 11.0 Å². The molecule has 1 aliphatic carbocycles. The van der Waals surface area contributed by atoms with Gasteiger partial charge in [0.15, 0.2) is 0 Å². The van der Waals surface area contributed by atoms with Crippen LogP contribution < -0.4 is 5.69 Å². The number of hydrogen-bond donors (Lipinski definition) is 1. The molecule has 2 atom stereocenters. The fourth-order valence-corrected chi connectivity index (χ4v) is 3.68. The average molecular weight is 299 g/mol. The number of carbonyl (C=O) groups is 1. The van der Waals surface area contributed by atoms with Crippen molar-refractivity contribution in [2.45, 2.75) is 32.2 Å². The van der Waals surface area contributed by atoms with Crippen LogP contribution in [0.1, 0.15) is 32.2 Å². The minimum atomic E-state index is -0.0400. The molecule has 1 N–H and O–H groups in total. The molecule has 0 spiro atoms. The first-order chi connectivity index (χ1) is 10.6. The van der Waals surface area contributed by atoms with Gasteiger partial charge >= 0.3 is 5.69 Å². The summed E-state index contributed by atoms with van der Waals surface area (Å²) in [6, 6.07) is 7.99. The van der Waals surface area contributed by atoms with Gasteiger partial charge in [0.2, 0.25) is 5.91 Å². The van der Waals surface area contributed by atoms with Crippen molar-refractivity contribution in [1.29, 1.82) is 0 Å². The molecule has 0 unspecified atom stereocenters. The van der Waals surface area contributed by atoms with E-state index in [0.29, 0.717) is 11.8 Å². The first-order valence-corrected chi connectivity index (χ1v) is 8.13. The molecule has 2 heterocycles. The number of imidazole rings is 1. The van der Waals surface area contributed by atoms with Crippen LogP contribution in [-0.4, -0.2) is 33.4 Å². The Kier molecular flexibility index (Phi) is 3.10. The third kappa shape index (κ3) is 2.16. The number of H-pyrrole nitrogens is 1. The predicted octanol–water partition coefficient (Wildman–Crippen LogP) is 2.15. The van der Waals surface area contributed by atoms with Crippen molar-refractivity contribution in [3.63, 3.8) is 0 Å². The summed E-state index contributed by atoms with van der Waals surface area (Å²) in [6.45, 7) is 3.66. The number of aromatic nitrogens is 2. The Labute approximate surface area is 128 Å². The van der Waals surface area contributed by atoms with E-state index in [4.69, 9.17) is 0 Å². The predicted molar refractivity (Wildman–Crippen MR) is 84.7 cm³/mol. The molecule has 1 amide bonds. The molecule has 1 saturated carbocycles. The standard InChI is InChI=1S/C17H21N3O2/c1-11-10-13(11)16(21)19-8-6-12(7-9-19)20-15-5-3-2-4-14(15)18-17(20)22/h2-5,11-13H,6-10H2,1H3,(H,18,22)/t11-,13+/m1/s1. The quantitative estimate of drug-likeness (QED) is 0.923. The Balaban J connectivity index is 1.52. The van der Waals surface area contributed by atoms with E-state index in [1.54, 1.807) is 0 Å². The van der Waals surface area contributed by atoms with Crippen LogP contribution in [0, 0.1) is 11.8 Å². The van der Waals surface area contributed by atoms with Gasteiger partial charge in [-0.05, 0) is 37.3 Å². The molecule has 22 heavy (non-hydrogen) atoms. The van der Waals surface area contributed by atoms with E-state index >= 15 is 0 Å². The van der Waals surface area contributed by atoms with Crippen LogP contribution in [0.3, 0.4) is 0 Å². The van der Waals surface area contributed by atoms with Gasteiger partial charge in [-0.3, -0.25) is 9.36 Å². The minimum Gasteiger partial charge on any atom is -0.342 e. The van der Waals surface area contributed by atoms with E-state index < -0.39 is 0 Å². The first kappa shape index (κ1) is 13.6. The zero-order valence-corrected chi connectivity index (χ0v) is 12.8. The molecule has 1 aromatic heterocycles. The van der Waals surface area contributed by atoms with Crippen molar-refractivity contribution in [2.24, 2.45) is 11.8 Å². The van der Waals surface area contributed by atoms with Gasteiger partial charge in [0.25, 0.3) is 0 Å². The molecule has 2 aliphatic rings. The van der Waals surface area contributed by atoms with Gasteiger partial charge in [0.05, 0.1) is 11.0 Å². The number of hydrogen-bond acceptors (Lipinski definition) is 2. The Bertz CT molecular complexity index is 768. The molecule has 1 saturated heterocycles. The third-order valence-corrected chi connectivity index (χ3v) is 5.19. The summed E-state index contributed by atoms with van der Waals surface area (Å²) < 4.78 is 1.87. The van der Waals surface area contributed by atoms with Gasteiger partial charge in [-0.2, -0.15) is 0 Å². The number of rotatable bonds is 2. The Morgan fingerprint density at radius 3 is 2.59 bits per heavy atom. The highest BCUT2D eigenvalue weighted by Gasteiger charge is 2.42. The topological polar surface area (TPSA) is 58.1 Å². The molecule has 116 valence electrons. The largest absolute Gasteiger partial charge is 0.342 e. The van der Waals surface area contributed by atoms with Crippen molar-refractivity contribution in [3.8, 4) is 0 Å². The van der Waals surface area contributed by atoms with E-state index in [-0.39, 0.29) is 17.6 Å². The molecular weight excluding hydrogens is 278 g/mol. The molecule has 1 aliphatic heterocycles. The summed E-state index contributed by atoms with van der Waals surface area (Å²) in [7, 11) is 0. The molecule has 2 fully saturated rings. The molecule has 5 nitrogen and oxygen atoms in total.